The van der Waals surface area contributed by atoms with Gasteiger partial charge in [-0.1, -0.05) is 13.8 Å². The number of esters is 1. The number of aliphatic carboxylic acids is 1. The standard InChI is InChI=1S/C6H12O2.C4H8O3/c1-3-5-8-6(7)4-2;1-3(7-2)4(5)6/h3-5H2,1-2H3;3H,1-2H3,(H,5,6). The highest BCUT2D eigenvalue weighted by Gasteiger charge is 2.06. The van der Waals surface area contributed by atoms with E-state index in [0.717, 1.165) is 6.42 Å². The van der Waals surface area contributed by atoms with Crippen molar-refractivity contribution in [1.82, 2.24) is 0 Å². The van der Waals surface area contributed by atoms with Crippen LogP contribution in [0.4, 0.5) is 0 Å². The van der Waals surface area contributed by atoms with Crippen LogP contribution in [0.15, 0.2) is 0 Å². The molecule has 0 aliphatic carbocycles. The van der Waals surface area contributed by atoms with E-state index in [9.17, 15) is 9.59 Å². The van der Waals surface area contributed by atoms with Crippen LogP contribution >= 0.6 is 0 Å². The van der Waals surface area contributed by atoms with Crippen LogP contribution in [-0.4, -0.2) is 36.9 Å². The van der Waals surface area contributed by atoms with E-state index in [2.05, 4.69) is 4.74 Å². The monoisotopic (exact) mass is 220 g/mol. The van der Waals surface area contributed by atoms with Crippen LogP contribution in [0, 0.1) is 0 Å². The van der Waals surface area contributed by atoms with E-state index in [1.165, 1.54) is 14.0 Å². The average Bonchev–Trinajstić information content (AvgIpc) is 2.25. The molecule has 1 unspecified atom stereocenters. The Hall–Kier alpha value is -1.10. The second kappa shape index (κ2) is 11.0. The van der Waals surface area contributed by atoms with Crippen LogP contribution in [0.3, 0.4) is 0 Å². The topological polar surface area (TPSA) is 72.8 Å². The number of ether oxygens (including phenoxy) is 2. The van der Waals surface area contributed by atoms with Crippen LogP contribution in [0.25, 0.3) is 0 Å². The first-order valence-corrected chi connectivity index (χ1v) is 4.90. The normalized spacial score (nSPS) is 10.9. The predicted molar refractivity (Wildman–Crippen MR) is 55.6 cm³/mol. The first-order valence-electron chi connectivity index (χ1n) is 4.90. The van der Waals surface area contributed by atoms with Crippen molar-refractivity contribution in [1.29, 1.82) is 0 Å². The molecular weight excluding hydrogens is 200 g/mol. The Kier molecular flexibility index (Phi) is 12.0. The van der Waals surface area contributed by atoms with Gasteiger partial charge in [0.25, 0.3) is 0 Å². The third-order valence-corrected chi connectivity index (χ3v) is 1.46. The fourth-order valence-electron chi connectivity index (χ4n) is 0.419. The van der Waals surface area contributed by atoms with Crippen LogP contribution in [0.2, 0.25) is 0 Å². The highest BCUT2D eigenvalue weighted by molar-refractivity contribution is 5.71. The molecule has 0 radical (unpaired) electrons. The molecule has 5 heteroatoms. The summed E-state index contributed by atoms with van der Waals surface area (Å²) in [5, 5.41) is 8.06. The molecule has 0 saturated carbocycles. The predicted octanol–water partition coefficient (Wildman–Crippen LogP) is 1.46. The van der Waals surface area contributed by atoms with E-state index in [1.807, 2.05) is 6.92 Å². The summed E-state index contributed by atoms with van der Waals surface area (Å²) in [5.41, 5.74) is 0. The van der Waals surface area contributed by atoms with E-state index in [0.29, 0.717) is 13.0 Å². The Morgan fingerprint density at radius 1 is 1.33 bits per heavy atom. The van der Waals surface area contributed by atoms with E-state index < -0.39 is 12.1 Å². The minimum Gasteiger partial charge on any atom is -0.479 e. The Balaban J connectivity index is 0. The molecule has 1 atom stereocenters. The van der Waals surface area contributed by atoms with E-state index >= 15 is 0 Å². The van der Waals surface area contributed by atoms with Crippen molar-refractivity contribution in [3.63, 3.8) is 0 Å². The summed E-state index contributed by atoms with van der Waals surface area (Å²) in [4.78, 5) is 20.2. The molecule has 0 bridgehead atoms. The van der Waals surface area contributed by atoms with Gasteiger partial charge >= 0.3 is 11.9 Å². The SMILES string of the molecule is CCCOC(=O)CC.COC(C)C(=O)O. The summed E-state index contributed by atoms with van der Waals surface area (Å²) < 4.78 is 9.11. The van der Waals surface area contributed by atoms with Gasteiger partial charge in [0.2, 0.25) is 0 Å². The van der Waals surface area contributed by atoms with Gasteiger partial charge in [-0.05, 0) is 13.3 Å². The number of hydrogen-bond donors (Lipinski definition) is 1. The number of carbonyl (C=O) groups excluding carboxylic acids is 1. The minimum absolute atomic E-state index is 0.105. The Labute approximate surface area is 90.4 Å². The third-order valence-electron chi connectivity index (χ3n) is 1.46. The molecule has 0 aliphatic rings. The highest BCUT2D eigenvalue weighted by Crippen LogP contribution is 1.85. The second-order valence-corrected chi connectivity index (χ2v) is 2.79. The average molecular weight is 220 g/mol. The summed E-state index contributed by atoms with van der Waals surface area (Å²) in [6.45, 7) is 5.80. The lowest BCUT2D eigenvalue weighted by molar-refractivity contribution is -0.147. The van der Waals surface area contributed by atoms with Gasteiger partial charge in [-0.3, -0.25) is 4.79 Å². The molecule has 0 saturated heterocycles. The zero-order chi connectivity index (χ0) is 12.3. The lowest BCUT2D eigenvalue weighted by atomic mass is 10.4. The Bertz CT molecular complexity index is 179. The van der Waals surface area contributed by atoms with Crippen molar-refractivity contribution >= 4 is 11.9 Å². The molecule has 0 aromatic carbocycles. The van der Waals surface area contributed by atoms with Crippen molar-refractivity contribution in [2.75, 3.05) is 13.7 Å². The van der Waals surface area contributed by atoms with Crippen LogP contribution < -0.4 is 0 Å². The molecule has 0 amide bonds. The minimum atomic E-state index is -0.928. The maximum Gasteiger partial charge on any atom is 0.332 e. The molecule has 0 aromatic heterocycles. The molecule has 90 valence electrons. The summed E-state index contributed by atoms with van der Waals surface area (Å²) in [6, 6.07) is 0. The zero-order valence-corrected chi connectivity index (χ0v) is 9.78. The molecule has 0 aromatic rings. The van der Waals surface area contributed by atoms with Gasteiger partial charge in [0.05, 0.1) is 6.61 Å². The van der Waals surface area contributed by atoms with Gasteiger partial charge in [0.1, 0.15) is 0 Å². The van der Waals surface area contributed by atoms with Crippen molar-refractivity contribution in [3.05, 3.63) is 0 Å². The number of methoxy groups -OCH3 is 1. The van der Waals surface area contributed by atoms with Gasteiger partial charge in [-0.15, -0.1) is 0 Å². The maximum absolute atomic E-state index is 10.3. The Morgan fingerprint density at radius 2 is 1.87 bits per heavy atom. The van der Waals surface area contributed by atoms with Gasteiger partial charge < -0.3 is 14.6 Å². The van der Waals surface area contributed by atoms with Gasteiger partial charge in [0.15, 0.2) is 6.10 Å². The number of carbonyl (C=O) groups is 2. The largest absolute Gasteiger partial charge is 0.479 e. The second-order valence-electron chi connectivity index (χ2n) is 2.79. The summed E-state index contributed by atoms with van der Waals surface area (Å²) >= 11 is 0. The number of carboxylic acid groups (broad SMARTS) is 1. The first-order chi connectivity index (χ1) is 6.99. The van der Waals surface area contributed by atoms with E-state index in [-0.39, 0.29) is 5.97 Å². The summed E-state index contributed by atoms with van der Waals surface area (Å²) in [6.07, 6.45) is 0.714. The first kappa shape index (κ1) is 16.3. The van der Waals surface area contributed by atoms with Gasteiger partial charge in [-0.2, -0.15) is 0 Å². The zero-order valence-electron chi connectivity index (χ0n) is 9.78. The van der Waals surface area contributed by atoms with Crippen LogP contribution in [-0.2, 0) is 19.1 Å². The molecule has 1 N–H and O–H groups in total. The molecule has 0 spiro atoms. The molecule has 15 heavy (non-hydrogen) atoms. The molecule has 0 fully saturated rings. The number of hydrogen-bond acceptors (Lipinski definition) is 4. The quantitative estimate of drug-likeness (QED) is 0.710. The Morgan fingerprint density at radius 3 is 2.07 bits per heavy atom. The maximum atomic E-state index is 10.3. The van der Waals surface area contributed by atoms with E-state index in [1.54, 1.807) is 6.92 Å². The van der Waals surface area contributed by atoms with Crippen molar-refractivity contribution in [3.8, 4) is 0 Å². The van der Waals surface area contributed by atoms with Crippen molar-refractivity contribution < 1.29 is 24.2 Å². The van der Waals surface area contributed by atoms with E-state index in [4.69, 9.17) is 9.84 Å². The fraction of sp³-hybridized carbons (Fsp3) is 0.800. The van der Waals surface area contributed by atoms with Gasteiger partial charge in [-0.25, -0.2) is 4.79 Å². The fourth-order valence-corrected chi connectivity index (χ4v) is 0.419. The summed E-state index contributed by atoms with van der Waals surface area (Å²) in [7, 11) is 1.36. The van der Waals surface area contributed by atoms with Crippen molar-refractivity contribution in [2.45, 2.75) is 39.7 Å². The third kappa shape index (κ3) is 12.9. The molecule has 0 heterocycles. The van der Waals surface area contributed by atoms with Crippen LogP contribution in [0.5, 0.6) is 0 Å². The lowest BCUT2D eigenvalue weighted by Crippen LogP contribution is -2.17. The lowest BCUT2D eigenvalue weighted by Gasteiger charge is -1.98. The van der Waals surface area contributed by atoms with Crippen LogP contribution in [0.1, 0.15) is 33.6 Å². The smallest absolute Gasteiger partial charge is 0.332 e. The van der Waals surface area contributed by atoms with Crippen molar-refractivity contribution in [2.24, 2.45) is 0 Å². The molecule has 0 rings (SSSR count). The van der Waals surface area contributed by atoms with Gasteiger partial charge in [0, 0.05) is 13.5 Å². The molecular formula is C10H20O5. The number of carboxylic acids is 1. The molecule has 5 nitrogen and oxygen atoms in total. The summed E-state index contributed by atoms with van der Waals surface area (Å²) in [5.74, 6) is -1.03. The number of rotatable bonds is 5. The molecule has 0 aliphatic heterocycles. The highest BCUT2D eigenvalue weighted by atomic mass is 16.5.